The molecule has 3 rings (SSSR count). The van der Waals surface area contributed by atoms with E-state index in [9.17, 15) is 22.4 Å². The summed E-state index contributed by atoms with van der Waals surface area (Å²) in [6, 6.07) is 4.15. The highest BCUT2D eigenvalue weighted by atomic mass is 32.2. The lowest BCUT2D eigenvalue weighted by Crippen LogP contribution is -2.42. The fourth-order valence-electron chi connectivity index (χ4n) is 4.58. The van der Waals surface area contributed by atoms with Crippen molar-refractivity contribution in [2.75, 3.05) is 25.0 Å². The predicted octanol–water partition coefficient (Wildman–Crippen LogP) is 3.79. The van der Waals surface area contributed by atoms with Gasteiger partial charge in [-0.15, -0.1) is 0 Å². The number of carbonyl (C=O) groups is 2. The van der Waals surface area contributed by atoms with E-state index in [1.165, 1.54) is 22.5 Å². The van der Waals surface area contributed by atoms with Gasteiger partial charge in [-0.3, -0.25) is 4.79 Å². The maximum Gasteiger partial charge on any atom is 0.341 e. The first-order valence-corrected chi connectivity index (χ1v) is 12.9. The molecule has 1 aromatic carbocycles. The molecule has 1 aromatic heterocycles. The fourth-order valence-corrected chi connectivity index (χ4v) is 6.50. The van der Waals surface area contributed by atoms with Gasteiger partial charge in [0.15, 0.2) is 0 Å². The molecule has 1 N–H and O–H groups in total. The van der Waals surface area contributed by atoms with Crippen molar-refractivity contribution in [3.8, 4) is 0 Å². The van der Waals surface area contributed by atoms with Crippen molar-refractivity contribution >= 4 is 27.6 Å². The number of ether oxygens (including phenoxy) is 1. The Morgan fingerprint density at radius 2 is 1.76 bits per heavy atom. The van der Waals surface area contributed by atoms with E-state index in [0.29, 0.717) is 42.0 Å². The summed E-state index contributed by atoms with van der Waals surface area (Å²) in [4.78, 5) is 25.4. The van der Waals surface area contributed by atoms with Crippen LogP contribution in [0.1, 0.15) is 54.0 Å². The van der Waals surface area contributed by atoms with Crippen LogP contribution in [0.5, 0.6) is 0 Å². The van der Waals surface area contributed by atoms with Gasteiger partial charge < -0.3 is 14.6 Å². The van der Waals surface area contributed by atoms with E-state index in [4.69, 9.17) is 4.74 Å². The number of aromatic nitrogens is 1. The van der Waals surface area contributed by atoms with Crippen LogP contribution in [0.2, 0.25) is 0 Å². The number of carbonyl (C=O) groups excluding carboxylic acids is 2. The smallest absolute Gasteiger partial charge is 0.341 e. The van der Waals surface area contributed by atoms with Crippen molar-refractivity contribution < 1.29 is 27.1 Å². The van der Waals surface area contributed by atoms with E-state index in [-0.39, 0.29) is 47.8 Å². The molecule has 0 spiro atoms. The Labute approximate surface area is 200 Å². The van der Waals surface area contributed by atoms with Crippen molar-refractivity contribution in [3.63, 3.8) is 0 Å². The average Bonchev–Trinajstić information content (AvgIpc) is 3.05. The number of hydrogen-bond acceptors (Lipinski definition) is 5. The number of halogens is 1. The minimum Gasteiger partial charge on any atom is -0.462 e. The molecule has 2 aromatic rings. The van der Waals surface area contributed by atoms with Gasteiger partial charge >= 0.3 is 5.97 Å². The molecule has 10 heteroatoms. The molecule has 1 aliphatic heterocycles. The van der Waals surface area contributed by atoms with E-state index in [1.54, 1.807) is 32.3 Å². The fraction of sp³-hybridized carbons (Fsp3) is 0.500. The van der Waals surface area contributed by atoms with Gasteiger partial charge in [-0.25, -0.2) is 17.6 Å². The van der Waals surface area contributed by atoms with E-state index in [2.05, 4.69) is 5.32 Å². The monoisotopic (exact) mass is 493 g/mol. The molecule has 0 unspecified atom stereocenters. The summed E-state index contributed by atoms with van der Waals surface area (Å²) in [5, 5.41) is 2.82. The maximum atomic E-state index is 13.6. The number of piperidine rings is 1. The van der Waals surface area contributed by atoms with Crippen LogP contribution in [0.4, 0.5) is 10.1 Å². The lowest BCUT2D eigenvalue weighted by molar-refractivity contribution is -0.120. The van der Waals surface area contributed by atoms with Crippen LogP contribution in [-0.2, 0) is 26.1 Å². The summed E-state index contributed by atoms with van der Waals surface area (Å²) in [6.45, 7) is 9.65. The number of aryl methyl sites for hydroxylation is 1. The number of nitrogens with one attached hydrogen (secondary N) is 1. The molecule has 1 fully saturated rings. The normalized spacial score (nSPS) is 15.4. The lowest BCUT2D eigenvalue weighted by atomic mass is 9.97. The summed E-state index contributed by atoms with van der Waals surface area (Å²) >= 11 is 0. The van der Waals surface area contributed by atoms with Crippen molar-refractivity contribution in [1.29, 1.82) is 0 Å². The molecule has 0 radical (unpaired) electrons. The van der Waals surface area contributed by atoms with Gasteiger partial charge in [-0.1, -0.05) is 0 Å². The Morgan fingerprint density at radius 1 is 1.12 bits per heavy atom. The summed E-state index contributed by atoms with van der Waals surface area (Å²) < 4.78 is 48.9. The maximum absolute atomic E-state index is 13.6. The van der Waals surface area contributed by atoms with Gasteiger partial charge in [-0.05, 0) is 71.2 Å². The second-order valence-electron chi connectivity index (χ2n) is 8.47. The Morgan fingerprint density at radius 3 is 2.32 bits per heavy atom. The first kappa shape index (κ1) is 25.9. The summed E-state index contributed by atoms with van der Waals surface area (Å²) in [5.41, 5.74) is 2.28. The van der Waals surface area contributed by atoms with E-state index in [0.717, 1.165) is 0 Å². The zero-order chi connectivity index (χ0) is 25.2. The van der Waals surface area contributed by atoms with Crippen molar-refractivity contribution in [1.82, 2.24) is 8.87 Å². The molecule has 2 heterocycles. The third-order valence-electron chi connectivity index (χ3n) is 6.39. The highest BCUT2D eigenvalue weighted by Gasteiger charge is 2.38. The van der Waals surface area contributed by atoms with E-state index >= 15 is 0 Å². The summed E-state index contributed by atoms with van der Waals surface area (Å²) in [6.07, 6.45) is 0.680. The number of amides is 1. The standard InChI is InChI=1S/C24H32FN3O5S/c1-6-28-16(4)21(24(30)33-7-2)22(17(28)5)34(31,32)27-12-10-18(11-13-27)23(29)26-20-9-8-19(25)14-15(20)3/h8-9,14,18H,6-7,10-13H2,1-5H3,(H,26,29). The zero-order valence-electron chi connectivity index (χ0n) is 20.3. The zero-order valence-corrected chi connectivity index (χ0v) is 21.1. The van der Waals surface area contributed by atoms with Crippen molar-refractivity contribution in [2.24, 2.45) is 5.92 Å². The van der Waals surface area contributed by atoms with Crippen LogP contribution in [-0.4, -0.2) is 48.9 Å². The van der Waals surface area contributed by atoms with Crippen molar-refractivity contribution in [2.45, 2.75) is 58.9 Å². The number of hydrogen-bond donors (Lipinski definition) is 1. The molecule has 1 aliphatic rings. The highest BCUT2D eigenvalue weighted by Crippen LogP contribution is 2.33. The van der Waals surface area contributed by atoms with Crippen LogP contribution in [0, 0.1) is 32.5 Å². The minimum absolute atomic E-state index is 0.0184. The number of benzene rings is 1. The van der Waals surface area contributed by atoms with Gasteiger partial charge in [0.05, 0.1) is 6.61 Å². The van der Waals surface area contributed by atoms with Gasteiger partial charge in [0.2, 0.25) is 15.9 Å². The first-order valence-electron chi connectivity index (χ1n) is 11.5. The molecule has 186 valence electrons. The first-order chi connectivity index (χ1) is 16.0. The number of nitrogens with zero attached hydrogens (tertiary/aromatic N) is 2. The van der Waals surface area contributed by atoms with Gasteiger partial charge in [-0.2, -0.15) is 4.31 Å². The lowest BCUT2D eigenvalue weighted by Gasteiger charge is -2.31. The average molecular weight is 494 g/mol. The minimum atomic E-state index is -3.98. The topological polar surface area (TPSA) is 97.7 Å². The molecule has 0 atom stereocenters. The molecule has 0 aliphatic carbocycles. The number of esters is 1. The molecule has 8 nitrogen and oxygen atoms in total. The highest BCUT2D eigenvalue weighted by molar-refractivity contribution is 7.89. The number of anilines is 1. The Balaban J connectivity index is 1.80. The number of rotatable bonds is 7. The van der Waals surface area contributed by atoms with Gasteiger partial charge in [0.1, 0.15) is 16.3 Å². The molecule has 1 amide bonds. The molecule has 0 bridgehead atoms. The van der Waals surface area contributed by atoms with Crippen LogP contribution in [0.25, 0.3) is 0 Å². The van der Waals surface area contributed by atoms with Crippen LogP contribution in [0.3, 0.4) is 0 Å². The molecular formula is C24H32FN3O5S. The van der Waals surface area contributed by atoms with Crippen LogP contribution < -0.4 is 5.32 Å². The second-order valence-corrected chi connectivity index (χ2v) is 10.3. The third kappa shape index (κ3) is 4.88. The van der Waals surface area contributed by atoms with Gasteiger partial charge in [0.25, 0.3) is 0 Å². The Kier molecular flexibility index (Phi) is 7.82. The molecular weight excluding hydrogens is 461 g/mol. The largest absolute Gasteiger partial charge is 0.462 e. The van der Waals surface area contributed by atoms with Crippen molar-refractivity contribution in [3.05, 3.63) is 46.5 Å². The SMILES string of the molecule is CCOC(=O)c1c(S(=O)(=O)N2CCC(C(=O)Nc3ccc(F)cc3C)CC2)c(C)n(CC)c1C. The van der Waals surface area contributed by atoms with E-state index < -0.39 is 16.0 Å². The third-order valence-corrected chi connectivity index (χ3v) is 8.45. The van der Waals surface area contributed by atoms with Crippen LogP contribution >= 0.6 is 0 Å². The molecule has 34 heavy (non-hydrogen) atoms. The second kappa shape index (κ2) is 10.3. The summed E-state index contributed by atoms with van der Waals surface area (Å²) in [7, 11) is -3.98. The Bertz CT molecular complexity index is 1200. The van der Waals surface area contributed by atoms with Crippen LogP contribution in [0.15, 0.2) is 23.1 Å². The molecule has 0 saturated carbocycles. The quantitative estimate of drug-likeness (QED) is 0.592. The Hall–Kier alpha value is -2.72. The predicted molar refractivity (Wildman–Crippen MR) is 127 cm³/mol. The molecule has 1 saturated heterocycles. The number of sulfonamides is 1. The summed E-state index contributed by atoms with van der Waals surface area (Å²) in [5.74, 6) is -1.62. The van der Waals surface area contributed by atoms with Gasteiger partial charge in [0, 0.05) is 42.6 Å². The van der Waals surface area contributed by atoms with E-state index in [1.807, 2.05) is 6.92 Å².